The van der Waals surface area contributed by atoms with E-state index in [1.54, 1.807) is 0 Å². The van der Waals surface area contributed by atoms with Gasteiger partial charge in [-0.2, -0.15) is 0 Å². The molecule has 0 aromatic rings. The number of likely N-dealkylation sites (tertiary alicyclic amines) is 1. The van der Waals surface area contributed by atoms with Gasteiger partial charge < -0.3 is 10.2 Å². The van der Waals surface area contributed by atoms with Gasteiger partial charge >= 0.3 is 0 Å². The Kier molecular flexibility index (Phi) is 4.65. The summed E-state index contributed by atoms with van der Waals surface area (Å²) in [4.78, 5) is 14.5. The molecule has 3 heteroatoms. The third kappa shape index (κ3) is 3.36. The van der Waals surface area contributed by atoms with Gasteiger partial charge in [0.2, 0.25) is 5.91 Å². The van der Waals surface area contributed by atoms with E-state index in [-0.39, 0.29) is 0 Å². The van der Waals surface area contributed by atoms with E-state index < -0.39 is 0 Å². The van der Waals surface area contributed by atoms with Crippen LogP contribution in [0.5, 0.6) is 0 Å². The molecule has 1 saturated carbocycles. The molecule has 0 bridgehead atoms. The lowest BCUT2D eigenvalue weighted by Gasteiger charge is -2.44. The minimum Gasteiger partial charge on any atom is -0.343 e. The summed E-state index contributed by atoms with van der Waals surface area (Å²) in [7, 11) is 0. The first-order valence-corrected chi connectivity index (χ1v) is 8.76. The SMILES string of the molecule is O=C(CCC1CCNC1)N1CCC2(CCCCC2)CC1. The Hall–Kier alpha value is -0.570. The maximum atomic E-state index is 12.3. The minimum absolute atomic E-state index is 0.419. The first-order chi connectivity index (χ1) is 9.77. The average Bonchev–Trinajstić information content (AvgIpc) is 3.00. The standard InChI is InChI=1S/C17H30N2O/c20-16(5-4-15-6-11-18-14-15)19-12-9-17(10-13-19)7-2-1-3-8-17/h15,18H,1-14H2. The Morgan fingerprint density at radius 2 is 1.85 bits per heavy atom. The van der Waals surface area contributed by atoms with Crippen LogP contribution in [0.2, 0.25) is 0 Å². The van der Waals surface area contributed by atoms with Crippen molar-refractivity contribution in [1.82, 2.24) is 10.2 Å². The Morgan fingerprint density at radius 1 is 1.10 bits per heavy atom. The van der Waals surface area contributed by atoms with Gasteiger partial charge in [0.25, 0.3) is 0 Å². The lowest BCUT2D eigenvalue weighted by atomic mass is 9.68. The van der Waals surface area contributed by atoms with Crippen molar-refractivity contribution in [2.24, 2.45) is 11.3 Å². The number of hydrogen-bond acceptors (Lipinski definition) is 2. The van der Waals surface area contributed by atoms with Crippen LogP contribution in [0.15, 0.2) is 0 Å². The Labute approximate surface area is 123 Å². The van der Waals surface area contributed by atoms with E-state index in [0.717, 1.165) is 44.9 Å². The predicted molar refractivity (Wildman–Crippen MR) is 81.5 cm³/mol. The van der Waals surface area contributed by atoms with Crippen LogP contribution in [-0.2, 0) is 4.79 Å². The molecule has 0 aromatic carbocycles. The summed E-state index contributed by atoms with van der Waals surface area (Å²) in [5.41, 5.74) is 0.615. The molecule has 1 atom stereocenters. The van der Waals surface area contributed by atoms with Crippen molar-refractivity contribution in [3.63, 3.8) is 0 Å². The topological polar surface area (TPSA) is 32.3 Å². The number of carbonyl (C=O) groups excluding carboxylic acids is 1. The Balaban J connectivity index is 1.41. The van der Waals surface area contributed by atoms with Crippen LogP contribution in [0.1, 0.15) is 64.2 Å². The zero-order valence-electron chi connectivity index (χ0n) is 12.8. The number of rotatable bonds is 3. The third-order valence-corrected chi connectivity index (χ3v) is 6.02. The van der Waals surface area contributed by atoms with Gasteiger partial charge in [0.1, 0.15) is 0 Å². The smallest absolute Gasteiger partial charge is 0.222 e. The monoisotopic (exact) mass is 278 g/mol. The molecular formula is C17H30N2O. The average molecular weight is 278 g/mol. The molecule has 1 aliphatic carbocycles. The highest BCUT2D eigenvalue weighted by molar-refractivity contribution is 5.76. The molecule has 114 valence electrons. The van der Waals surface area contributed by atoms with E-state index in [2.05, 4.69) is 10.2 Å². The minimum atomic E-state index is 0.419. The van der Waals surface area contributed by atoms with Crippen molar-refractivity contribution in [2.45, 2.75) is 64.2 Å². The van der Waals surface area contributed by atoms with E-state index in [1.165, 1.54) is 51.4 Å². The van der Waals surface area contributed by atoms with Gasteiger partial charge in [0.05, 0.1) is 0 Å². The van der Waals surface area contributed by atoms with E-state index in [4.69, 9.17) is 0 Å². The van der Waals surface area contributed by atoms with Crippen LogP contribution in [0.25, 0.3) is 0 Å². The van der Waals surface area contributed by atoms with Gasteiger partial charge in [-0.05, 0) is 62.9 Å². The second-order valence-corrected chi connectivity index (χ2v) is 7.34. The predicted octanol–water partition coefficient (Wildman–Crippen LogP) is 2.95. The molecule has 2 saturated heterocycles. The van der Waals surface area contributed by atoms with Crippen molar-refractivity contribution in [1.29, 1.82) is 0 Å². The molecule has 0 aromatic heterocycles. The second-order valence-electron chi connectivity index (χ2n) is 7.34. The highest BCUT2D eigenvalue weighted by atomic mass is 16.2. The van der Waals surface area contributed by atoms with Gasteiger partial charge in [-0.25, -0.2) is 0 Å². The van der Waals surface area contributed by atoms with Crippen LogP contribution >= 0.6 is 0 Å². The van der Waals surface area contributed by atoms with E-state index in [0.29, 0.717) is 11.3 Å². The first kappa shape index (κ1) is 14.4. The van der Waals surface area contributed by atoms with Crippen molar-refractivity contribution < 1.29 is 4.79 Å². The second kappa shape index (κ2) is 6.46. The van der Waals surface area contributed by atoms with Crippen molar-refractivity contribution >= 4 is 5.91 Å². The van der Waals surface area contributed by atoms with Gasteiger partial charge in [0.15, 0.2) is 0 Å². The maximum absolute atomic E-state index is 12.3. The quantitative estimate of drug-likeness (QED) is 0.861. The van der Waals surface area contributed by atoms with Gasteiger partial charge in [-0.15, -0.1) is 0 Å². The van der Waals surface area contributed by atoms with Crippen LogP contribution < -0.4 is 5.32 Å². The molecule has 1 unspecified atom stereocenters. The summed E-state index contributed by atoms with van der Waals surface area (Å²) in [5.74, 6) is 1.16. The first-order valence-electron chi connectivity index (χ1n) is 8.76. The van der Waals surface area contributed by atoms with Crippen LogP contribution in [0.4, 0.5) is 0 Å². The van der Waals surface area contributed by atoms with E-state index >= 15 is 0 Å². The Bertz CT molecular complexity index is 320. The number of carbonyl (C=O) groups is 1. The largest absolute Gasteiger partial charge is 0.343 e. The number of amides is 1. The fourth-order valence-corrected chi connectivity index (χ4v) is 4.48. The number of nitrogens with one attached hydrogen (secondary N) is 1. The molecule has 3 aliphatic rings. The van der Waals surface area contributed by atoms with Gasteiger partial charge in [-0.3, -0.25) is 4.79 Å². The molecule has 1 amide bonds. The molecule has 1 N–H and O–H groups in total. The molecule has 0 radical (unpaired) electrons. The molecule has 3 fully saturated rings. The molecule has 3 nitrogen and oxygen atoms in total. The number of nitrogens with zero attached hydrogens (tertiary/aromatic N) is 1. The van der Waals surface area contributed by atoms with Crippen LogP contribution in [-0.4, -0.2) is 37.0 Å². The maximum Gasteiger partial charge on any atom is 0.222 e. The van der Waals surface area contributed by atoms with E-state index in [9.17, 15) is 4.79 Å². The molecule has 20 heavy (non-hydrogen) atoms. The zero-order chi connectivity index (χ0) is 13.8. The summed E-state index contributed by atoms with van der Waals surface area (Å²) in [6.45, 7) is 4.32. The van der Waals surface area contributed by atoms with Crippen LogP contribution in [0, 0.1) is 11.3 Å². The summed E-state index contributed by atoms with van der Waals surface area (Å²) in [6.07, 6.45) is 12.8. The van der Waals surface area contributed by atoms with Crippen molar-refractivity contribution in [3.05, 3.63) is 0 Å². The number of hydrogen-bond donors (Lipinski definition) is 1. The number of piperidine rings is 1. The summed E-state index contributed by atoms with van der Waals surface area (Å²) in [5, 5.41) is 3.39. The summed E-state index contributed by atoms with van der Waals surface area (Å²) >= 11 is 0. The highest BCUT2D eigenvalue weighted by Gasteiger charge is 2.36. The fraction of sp³-hybridized carbons (Fsp3) is 0.941. The normalized spacial score (nSPS) is 29.8. The Morgan fingerprint density at radius 3 is 2.50 bits per heavy atom. The fourth-order valence-electron chi connectivity index (χ4n) is 4.48. The lowest BCUT2D eigenvalue weighted by molar-refractivity contribution is -0.134. The third-order valence-electron chi connectivity index (χ3n) is 6.02. The van der Waals surface area contributed by atoms with E-state index in [1.807, 2.05) is 0 Å². The molecule has 2 aliphatic heterocycles. The van der Waals surface area contributed by atoms with Gasteiger partial charge in [-0.1, -0.05) is 19.3 Å². The summed E-state index contributed by atoms with van der Waals surface area (Å²) < 4.78 is 0. The van der Waals surface area contributed by atoms with Gasteiger partial charge in [0, 0.05) is 19.5 Å². The van der Waals surface area contributed by atoms with Crippen molar-refractivity contribution in [2.75, 3.05) is 26.2 Å². The summed E-state index contributed by atoms with van der Waals surface area (Å²) in [6, 6.07) is 0. The molecule has 3 rings (SSSR count). The van der Waals surface area contributed by atoms with Crippen LogP contribution in [0.3, 0.4) is 0 Å². The molecular weight excluding hydrogens is 248 g/mol. The lowest BCUT2D eigenvalue weighted by Crippen LogP contribution is -2.43. The molecule has 2 heterocycles. The molecule has 1 spiro atoms. The zero-order valence-corrected chi connectivity index (χ0v) is 12.8. The van der Waals surface area contributed by atoms with Crippen molar-refractivity contribution in [3.8, 4) is 0 Å². The highest BCUT2D eigenvalue weighted by Crippen LogP contribution is 2.44.